The van der Waals surface area contributed by atoms with Crippen molar-refractivity contribution in [3.63, 3.8) is 0 Å². The van der Waals surface area contributed by atoms with Crippen molar-refractivity contribution in [1.29, 1.82) is 0 Å². The summed E-state index contributed by atoms with van der Waals surface area (Å²) >= 11 is 0. The molecule has 3 aromatic rings. The largest absolute Gasteiger partial charge is 0.350 e. The molecule has 1 N–H and O–H groups in total. The molecule has 0 atom stereocenters. The molecular weight excluding hydrogens is 343 g/mol. The fourth-order valence-corrected chi connectivity index (χ4v) is 2.86. The van der Waals surface area contributed by atoms with Gasteiger partial charge >= 0.3 is 0 Å². The van der Waals surface area contributed by atoms with Gasteiger partial charge in [-0.2, -0.15) is 0 Å². The second-order valence-electron chi connectivity index (χ2n) is 6.28. The van der Waals surface area contributed by atoms with Gasteiger partial charge in [0, 0.05) is 18.7 Å². The Kier molecular flexibility index (Phi) is 5.81. The third kappa shape index (κ3) is 4.70. The molecule has 3 aromatic carbocycles. The van der Waals surface area contributed by atoms with E-state index in [0.717, 1.165) is 16.3 Å². The number of fused-ring (bicyclic) bond motifs is 1. The molecule has 0 heterocycles. The van der Waals surface area contributed by atoms with E-state index in [9.17, 15) is 14.0 Å². The number of carbonyl (C=O) groups excluding carboxylic acids is 2. The molecule has 0 aliphatic carbocycles. The maximum atomic E-state index is 12.9. The molecule has 0 saturated heterocycles. The summed E-state index contributed by atoms with van der Waals surface area (Å²) in [6.45, 7) is 2.53. The fraction of sp³-hybridized carbons (Fsp3) is 0.182. The number of nitrogens with zero attached hydrogens (tertiary/aromatic N) is 1. The summed E-state index contributed by atoms with van der Waals surface area (Å²) in [5.74, 6) is -0.751. The molecular formula is C22H21FN2O2. The van der Waals surface area contributed by atoms with Crippen LogP contribution in [0, 0.1) is 5.82 Å². The predicted octanol–water partition coefficient (Wildman–Crippen LogP) is 3.76. The average molecular weight is 364 g/mol. The molecule has 0 radical (unpaired) electrons. The normalized spacial score (nSPS) is 10.6. The van der Waals surface area contributed by atoms with Crippen molar-refractivity contribution in [2.45, 2.75) is 13.5 Å². The smallest absolute Gasteiger partial charge is 0.254 e. The van der Waals surface area contributed by atoms with Gasteiger partial charge < -0.3 is 10.2 Å². The average Bonchev–Trinajstić information content (AvgIpc) is 2.70. The Balaban J connectivity index is 1.63. The molecule has 0 aromatic heterocycles. The van der Waals surface area contributed by atoms with E-state index in [2.05, 4.69) is 5.32 Å². The molecule has 0 aliphatic rings. The van der Waals surface area contributed by atoms with Crippen LogP contribution in [0.5, 0.6) is 0 Å². The summed E-state index contributed by atoms with van der Waals surface area (Å²) in [6.07, 6.45) is 0. The van der Waals surface area contributed by atoms with Crippen molar-refractivity contribution in [1.82, 2.24) is 10.2 Å². The number of halogens is 1. The zero-order chi connectivity index (χ0) is 19.2. The van der Waals surface area contributed by atoms with E-state index in [4.69, 9.17) is 0 Å². The van der Waals surface area contributed by atoms with Gasteiger partial charge in [0.25, 0.3) is 5.91 Å². The van der Waals surface area contributed by atoms with Crippen LogP contribution >= 0.6 is 0 Å². The molecule has 0 spiro atoms. The van der Waals surface area contributed by atoms with E-state index in [1.54, 1.807) is 18.2 Å². The number of likely N-dealkylation sites (N-methyl/N-ethyl adjacent to an activating group) is 1. The zero-order valence-electron chi connectivity index (χ0n) is 15.1. The molecule has 0 saturated carbocycles. The first-order valence-electron chi connectivity index (χ1n) is 8.86. The van der Waals surface area contributed by atoms with Crippen molar-refractivity contribution >= 4 is 22.6 Å². The van der Waals surface area contributed by atoms with Crippen LogP contribution in [0.1, 0.15) is 22.8 Å². The van der Waals surface area contributed by atoms with E-state index >= 15 is 0 Å². The molecule has 0 aliphatic heterocycles. The maximum absolute atomic E-state index is 12.9. The molecule has 0 fully saturated rings. The van der Waals surface area contributed by atoms with Crippen molar-refractivity contribution in [2.75, 3.05) is 13.1 Å². The van der Waals surface area contributed by atoms with Crippen LogP contribution in [0.3, 0.4) is 0 Å². The zero-order valence-corrected chi connectivity index (χ0v) is 15.1. The standard InChI is InChI=1S/C22H21FN2O2/c1-2-25(15-21(26)24-14-16-7-11-20(23)12-8-16)22(27)19-10-9-17-5-3-4-6-18(17)13-19/h3-13H,2,14-15H2,1H3,(H,24,26). The summed E-state index contributed by atoms with van der Waals surface area (Å²) in [4.78, 5) is 26.5. The van der Waals surface area contributed by atoms with Gasteiger partial charge in [-0.05, 0) is 47.5 Å². The van der Waals surface area contributed by atoms with Gasteiger partial charge in [0.15, 0.2) is 0 Å². The lowest BCUT2D eigenvalue weighted by molar-refractivity contribution is -0.121. The SMILES string of the molecule is CCN(CC(=O)NCc1ccc(F)cc1)C(=O)c1ccc2ccccc2c1. The van der Waals surface area contributed by atoms with Gasteiger partial charge in [0.05, 0.1) is 6.54 Å². The Hall–Kier alpha value is -3.21. The van der Waals surface area contributed by atoms with Crippen LogP contribution < -0.4 is 5.32 Å². The molecule has 3 rings (SSSR count). The van der Waals surface area contributed by atoms with Gasteiger partial charge in [-0.25, -0.2) is 4.39 Å². The molecule has 0 unspecified atom stereocenters. The van der Waals surface area contributed by atoms with Crippen LogP contribution in [-0.2, 0) is 11.3 Å². The Morgan fingerprint density at radius 2 is 1.67 bits per heavy atom. The van der Waals surface area contributed by atoms with Crippen LogP contribution in [0.2, 0.25) is 0 Å². The first-order chi connectivity index (χ1) is 13.1. The number of carbonyl (C=O) groups is 2. The van der Waals surface area contributed by atoms with Gasteiger partial charge in [0.1, 0.15) is 5.82 Å². The number of benzene rings is 3. The first kappa shape index (κ1) is 18.6. The van der Waals surface area contributed by atoms with Gasteiger partial charge in [-0.3, -0.25) is 9.59 Å². The van der Waals surface area contributed by atoms with Gasteiger partial charge in [-0.1, -0.05) is 42.5 Å². The Bertz CT molecular complexity index is 954. The monoisotopic (exact) mass is 364 g/mol. The number of nitrogens with one attached hydrogen (secondary N) is 1. The van der Waals surface area contributed by atoms with Crippen molar-refractivity contribution in [3.05, 3.63) is 83.7 Å². The number of amides is 2. The van der Waals surface area contributed by atoms with Crippen molar-refractivity contribution < 1.29 is 14.0 Å². The lowest BCUT2D eigenvalue weighted by atomic mass is 10.1. The lowest BCUT2D eigenvalue weighted by Gasteiger charge is -2.20. The Morgan fingerprint density at radius 3 is 2.37 bits per heavy atom. The van der Waals surface area contributed by atoms with E-state index in [0.29, 0.717) is 18.7 Å². The number of rotatable bonds is 6. The summed E-state index contributed by atoms with van der Waals surface area (Å²) in [7, 11) is 0. The minimum Gasteiger partial charge on any atom is -0.350 e. The number of hydrogen-bond acceptors (Lipinski definition) is 2. The second kappa shape index (κ2) is 8.45. The van der Waals surface area contributed by atoms with Crippen LogP contribution in [0.25, 0.3) is 10.8 Å². The minimum atomic E-state index is -0.316. The molecule has 138 valence electrons. The van der Waals surface area contributed by atoms with Crippen LogP contribution in [-0.4, -0.2) is 29.8 Å². The highest BCUT2D eigenvalue weighted by atomic mass is 19.1. The fourth-order valence-electron chi connectivity index (χ4n) is 2.86. The van der Waals surface area contributed by atoms with E-state index in [-0.39, 0.29) is 24.2 Å². The summed E-state index contributed by atoms with van der Waals surface area (Å²) < 4.78 is 12.9. The topological polar surface area (TPSA) is 49.4 Å². The van der Waals surface area contributed by atoms with Crippen LogP contribution in [0.15, 0.2) is 66.7 Å². The van der Waals surface area contributed by atoms with E-state index < -0.39 is 0 Å². The van der Waals surface area contributed by atoms with Gasteiger partial charge in [0.2, 0.25) is 5.91 Å². The molecule has 5 heteroatoms. The first-order valence-corrected chi connectivity index (χ1v) is 8.86. The van der Waals surface area contributed by atoms with Gasteiger partial charge in [-0.15, -0.1) is 0 Å². The van der Waals surface area contributed by atoms with E-state index in [1.807, 2.05) is 43.3 Å². The summed E-state index contributed by atoms with van der Waals surface area (Å²) in [5, 5.41) is 4.81. The van der Waals surface area contributed by atoms with E-state index in [1.165, 1.54) is 17.0 Å². The Morgan fingerprint density at radius 1 is 0.963 bits per heavy atom. The highest BCUT2D eigenvalue weighted by Crippen LogP contribution is 2.17. The molecule has 2 amide bonds. The summed E-state index contributed by atoms with van der Waals surface area (Å²) in [5.41, 5.74) is 1.36. The molecule has 4 nitrogen and oxygen atoms in total. The lowest BCUT2D eigenvalue weighted by Crippen LogP contribution is -2.40. The third-order valence-corrected chi connectivity index (χ3v) is 4.40. The maximum Gasteiger partial charge on any atom is 0.254 e. The van der Waals surface area contributed by atoms with Crippen molar-refractivity contribution in [3.8, 4) is 0 Å². The number of hydrogen-bond donors (Lipinski definition) is 1. The minimum absolute atomic E-state index is 0.0244. The highest BCUT2D eigenvalue weighted by molar-refractivity contribution is 6.00. The third-order valence-electron chi connectivity index (χ3n) is 4.40. The van der Waals surface area contributed by atoms with Crippen molar-refractivity contribution in [2.24, 2.45) is 0 Å². The highest BCUT2D eigenvalue weighted by Gasteiger charge is 2.17. The molecule has 0 bridgehead atoms. The predicted molar refractivity (Wildman–Crippen MR) is 104 cm³/mol. The second-order valence-corrected chi connectivity index (χ2v) is 6.28. The molecule has 27 heavy (non-hydrogen) atoms. The summed E-state index contributed by atoms with van der Waals surface area (Å²) in [6, 6.07) is 19.3. The quantitative estimate of drug-likeness (QED) is 0.724. The Labute approximate surface area is 157 Å². The van der Waals surface area contributed by atoms with Crippen LogP contribution in [0.4, 0.5) is 4.39 Å².